The molecule has 0 N–H and O–H groups in total. The van der Waals surface area contributed by atoms with Gasteiger partial charge < -0.3 is 0 Å². The highest BCUT2D eigenvalue weighted by atomic mass is 127. The summed E-state index contributed by atoms with van der Waals surface area (Å²) in [6.45, 7) is 0. The van der Waals surface area contributed by atoms with Crippen LogP contribution in [0.15, 0.2) is 60.8 Å². The number of hydrogen-bond donors (Lipinski definition) is 0. The van der Waals surface area contributed by atoms with Crippen molar-refractivity contribution >= 4 is 44.5 Å². The van der Waals surface area contributed by atoms with Crippen LogP contribution in [0.1, 0.15) is 0 Å². The molecule has 0 unspecified atom stereocenters. The van der Waals surface area contributed by atoms with Crippen molar-refractivity contribution < 1.29 is 0 Å². The second kappa shape index (κ2) is 4.56. The Kier molecular flexibility index (Phi) is 2.70. The minimum atomic E-state index is 0.904. The van der Waals surface area contributed by atoms with E-state index < -0.39 is 0 Å². The molecule has 4 aromatic rings. The fraction of sp³-hybridized carbons (Fsp3) is 0. The summed E-state index contributed by atoms with van der Waals surface area (Å²) in [4.78, 5) is 9.17. The fourth-order valence-electron chi connectivity index (χ4n) is 2.55. The highest BCUT2D eigenvalue weighted by Gasteiger charge is 2.12. The molecule has 0 spiro atoms. The molecule has 0 fully saturated rings. The first kappa shape index (κ1) is 11.8. The van der Waals surface area contributed by atoms with Gasteiger partial charge in [-0.15, -0.1) is 0 Å². The fourth-order valence-corrected chi connectivity index (χ4v) is 3.00. The van der Waals surface area contributed by atoms with E-state index in [4.69, 9.17) is 0 Å². The number of nitrogens with zero attached hydrogens (tertiary/aromatic N) is 3. The topological polar surface area (TPSA) is 30.7 Å². The van der Waals surface area contributed by atoms with Crippen LogP contribution in [0.2, 0.25) is 0 Å². The average molecular weight is 371 g/mol. The minimum Gasteiger partial charge on any atom is -0.278 e. The maximum Gasteiger partial charge on any atom is 0.146 e. The summed E-state index contributed by atoms with van der Waals surface area (Å²) in [6.07, 6.45) is 1.83. The van der Waals surface area contributed by atoms with Crippen molar-refractivity contribution in [1.29, 1.82) is 0 Å². The molecule has 96 valence electrons. The van der Waals surface area contributed by atoms with Gasteiger partial charge in [0, 0.05) is 17.0 Å². The van der Waals surface area contributed by atoms with Crippen LogP contribution >= 0.6 is 22.6 Å². The molecule has 3 heterocycles. The van der Waals surface area contributed by atoms with Gasteiger partial charge in [0.05, 0.1) is 5.52 Å². The number of rotatable bonds is 1. The Bertz CT molecular complexity index is 874. The van der Waals surface area contributed by atoms with Crippen molar-refractivity contribution in [3.63, 3.8) is 0 Å². The molecule has 0 amide bonds. The van der Waals surface area contributed by atoms with Crippen molar-refractivity contribution in [2.45, 2.75) is 0 Å². The molecule has 0 radical (unpaired) electrons. The Hall–Kier alpha value is -1.95. The zero-order valence-corrected chi connectivity index (χ0v) is 12.7. The lowest BCUT2D eigenvalue weighted by molar-refractivity contribution is 1.04. The van der Waals surface area contributed by atoms with E-state index in [1.165, 1.54) is 5.39 Å². The Morgan fingerprint density at radius 2 is 1.70 bits per heavy atom. The van der Waals surface area contributed by atoms with Gasteiger partial charge in [0.25, 0.3) is 0 Å². The Labute approximate surface area is 129 Å². The maximum absolute atomic E-state index is 4.63. The van der Waals surface area contributed by atoms with Crippen LogP contribution in [0.5, 0.6) is 0 Å². The standard InChI is InChI=1S/C16H10IN3/c17-14-8-3-9-15(19-14)20-13-7-2-1-5-11(13)12-6-4-10-18-16(12)20/h1-10H. The SMILES string of the molecule is Ic1cccc(-n2c3ccccc3c3cccnc32)n1. The number of halogens is 1. The molecule has 0 saturated carbocycles. The quantitative estimate of drug-likeness (QED) is 0.371. The van der Waals surface area contributed by atoms with Crippen LogP contribution in [0.25, 0.3) is 27.8 Å². The van der Waals surface area contributed by atoms with Gasteiger partial charge in [-0.25, -0.2) is 9.97 Å². The number of para-hydroxylation sites is 1. The molecule has 1 aromatic carbocycles. The first-order chi connectivity index (χ1) is 9.84. The first-order valence-corrected chi connectivity index (χ1v) is 7.39. The zero-order valence-electron chi connectivity index (χ0n) is 10.5. The first-order valence-electron chi connectivity index (χ1n) is 6.32. The summed E-state index contributed by atoms with van der Waals surface area (Å²) in [5.74, 6) is 0.904. The lowest BCUT2D eigenvalue weighted by atomic mass is 10.2. The molecular formula is C16H10IN3. The summed E-state index contributed by atoms with van der Waals surface area (Å²) in [5.41, 5.74) is 2.08. The molecule has 0 bridgehead atoms. The lowest BCUT2D eigenvalue weighted by Gasteiger charge is -2.05. The predicted octanol–water partition coefficient (Wildman–Crippen LogP) is 4.18. The molecule has 0 aliphatic carbocycles. The van der Waals surface area contributed by atoms with Gasteiger partial charge in [-0.3, -0.25) is 4.57 Å². The summed E-state index contributed by atoms with van der Waals surface area (Å²) < 4.78 is 3.09. The number of hydrogen-bond acceptors (Lipinski definition) is 2. The Balaban J connectivity index is 2.21. The van der Waals surface area contributed by atoms with Gasteiger partial charge in [0.2, 0.25) is 0 Å². The third-order valence-electron chi connectivity index (χ3n) is 3.36. The molecule has 0 atom stereocenters. The third-order valence-corrected chi connectivity index (χ3v) is 3.96. The number of benzene rings is 1. The number of fused-ring (bicyclic) bond motifs is 3. The van der Waals surface area contributed by atoms with Crippen LogP contribution in [0.3, 0.4) is 0 Å². The van der Waals surface area contributed by atoms with E-state index in [0.717, 1.165) is 26.1 Å². The van der Waals surface area contributed by atoms with Crippen LogP contribution in [-0.2, 0) is 0 Å². The van der Waals surface area contributed by atoms with Crippen molar-refractivity contribution in [3.05, 3.63) is 64.5 Å². The van der Waals surface area contributed by atoms with E-state index in [9.17, 15) is 0 Å². The summed E-state index contributed by atoms with van der Waals surface area (Å²) in [6, 6.07) is 18.5. The van der Waals surface area contributed by atoms with E-state index in [1.807, 2.05) is 36.5 Å². The molecule has 20 heavy (non-hydrogen) atoms. The normalized spacial score (nSPS) is 11.2. The number of pyridine rings is 2. The van der Waals surface area contributed by atoms with Gasteiger partial charge in [-0.2, -0.15) is 0 Å². The van der Waals surface area contributed by atoms with Crippen LogP contribution in [0.4, 0.5) is 0 Å². The van der Waals surface area contributed by atoms with Gasteiger partial charge >= 0.3 is 0 Å². The van der Waals surface area contributed by atoms with E-state index >= 15 is 0 Å². The Morgan fingerprint density at radius 1 is 0.850 bits per heavy atom. The second-order valence-corrected chi connectivity index (χ2v) is 5.65. The second-order valence-electron chi connectivity index (χ2n) is 4.55. The van der Waals surface area contributed by atoms with E-state index in [1.54, 1.807) is 0 Å². The molecule has 0 saturated heterocycles. The van der Waals surface area contributed by atoms with E-state index in [2.05, 4.69) is 61.4 Å². The van der Waals surface area contributed by atoms with Crippen molar-refractivity contribution in [2.75, 3.05) is 0 Å². The molecular weight excluding hydrogens is 361 g/mol. The van der Waals surface area contributed by atoms with Crippen molar-refractivity contribution in [3.8, 4) is 5.82 Å². The molecule has 3 aromatic heterocycles. The summed E-state index contributed by atoms with van der Waals surface area (Å²) in [7, 11) is 0. The van der Waals surface area contributed by atoms with Crippen molar-refractivity contribution in [1.82, 2.24) is 14.5 Å². The van der Waals surface area contributed by atoms with Crippen LogP contribution < -0.4 is 0 Å². The molecule has 4 rings (SSSR count). The highest BCUT2D eigenvalue weighted by molar-refractivity contribution is 14.1. The number of aromatic nitrogens is 3. The van der Waals surface area contributed by atoms with E-state index in [-0.39, 0.29) is 0 Å². The third kappa shape index (κ3) is 1.71. The largest absolute Gasteiger partial charge is 0.278 e. The van der Waals surface area contributed by atoms with Crippen molar-refractivity contribution in [2.24, 2.45) is 0 Å². The minimum absolute atomic E-state index is 0.904. The molecule has 3 nitrogen and oxygen atoms in total. The molecule has 0 aliphatic rings. The monoisotopic (exact) mass is 371 g/mol. The highest BCUT2D eigenvalue weighted by Crippen LogP contribution is 2.29. The summed E-state index contributed by atoms with van der Waals surface area (Å²) >= 11 is 2.23. The maximum atomic E-state index is 4.63. The van der Waals surface area contributed by atoms with Gasteiger partial charge in [-0.1, -0.05) is 24.3 Å². The van der Waals surface area contributed by atoms with E-state index in [0.29, 0.717) is 0 Å². The van der Waals surface area contributed by atoms with Crippen LogP contribution in [-0.4, -0.2) is 14.5 Å². The predicted molar refractivity (Wildman–Crippen MR) is 89.1 cm³/mol. The summed E-state index contributed by atoms with van der Waals surface area (Å²) in [5, 5.41) is 2.36. The Morgan fingerprint density at radius 3 is 2.60 bits per heavy atom. The smallest absolute Gasteiger partial charge is 0.146 e. The lowest BCUT2D eigenvalue weighted by Crippen LogP contribution is -1.99. The average Bonchev–Trinajstić information content (AvgIpc) is 2.82. The molecule has 0 aliphatic heterocycles. The van der Waals surface area contributed by atoms with Gasteiger partial charge in [-0.05, 0) is 52.9 Å². The zero-order chi connectivity index (χ0) is 13.5. The van der Waals surface area contributed by atoms with Crippen LogP contribution in [0, 0.1) is 3.70 Å². The molecule has 4 heteroatoms. The van der Waals surface area contributed by atoms with Gasteiger partial charge in [0.15, 0.2) is 0 Å². The van der Waals surface area contributed by atoms with Gasteiger partial charge in [0.1, 0.15) is 15.2 Å².